The number of anilines is 1. The van der Waals surface area contributed by atoms with E-state index >= 15 is 0 Å². The second kappa shape index (κ2) is 16.4. The molecular formula is C39H48F2N2O4Si. The van der Waals surface area contributed by atoms with Gasteiger partial charge < -0.3 is 24.5 Å². The second-order valence-electron chi connectivity index (χ2n) is 13.7. The Balaban J connectivity index is 1.42. The summed E-state index contributed by atoms with van der Waals surface area (Å²) in [5.74, 6) is -2.10. The molecule has 48 heavy (non-hydrogen) atoms. The largest absolute Gasteiger partial charge is 0.487 e. The minimum absolute atomic E-state index is 0.00560. The van der Waals surface area contributed by atoms with E-state index in [0.717, 1.165) is 23.1 Å². The first-order valence-electron chi connectivity index (χ1n) is 16.3. The van der Waals surface area contributed by atoms with E-state index < -0.39 is 20.8 Å². The molecule has 0 saturated carbocycles. The van der Waals surface area contributed by atoms with E-state index in [-0.39, 0.29) is 22.7 Å². The first-order chi connectivity index (χ1) is 22.8. The van der Waals surface area contributed by atoms with Crippen molar-refractivity contribution < 1.29 is 27.5 Å². The normalized spacial score (nSPS) is 13.4. The molecule has 2 unspecified atom stereocenters. The monoisotopic (exact) mass is 674 g/mol. The maximum Gasteiger partial charge on any atom is 0.306 e. The zero-order valence-corrected chi connectivity index (χ0v) is 29.8. The molecule has 2 atom stereocenters. The van der Waals surface area contributed by atoms with Gasteiger partial charge in [-0.15, -0.1) is 0 Å². The van der Waals surface area contributed by atoms with Gasteiger partial charge >= 0.3 is 5.92 Å². The van der Waals surface area contributed by atoms with Crippen molar-refractivity contribution in [1.82, 2.24) is 5.32 Å². The summed E-state index contributed by atoms with van der Waals surface area (Å²) in [6.45, 7) is 13.4. The van der Waals surface area contributed by atoms with Crippen LogP contribution in [0.3, 0.4) is 0 Å². The lowest BCUT2D eigenvalue weighted by Crippen LogP contribution is -2.44. The van der Waals surface area contributed by atoms with Crippen LogP contribution < -0.4 is 20.1 Å². The topological polar surface area (TPSA) is 68.8 Å². The Bertz CT molecular complexity index is 1580. The summed E-state index contributed by atoms with van der Waals surface area (Å²) in [4.78, 5) is 11.5. The number of benzene rings is 4. The fraction of sp³-hybridized carbons (Fsp3) is 0.359. The molecule has 0 saturated heterocycles. The lowest BCUT2D eigenvalue weighted by Gasteiger charge is -2.40. The van der Waals surface area contributed by atoms with Gasteiger partial charge in [-0.25, -0.2) is 0 Å². The van der Waals surface area contributed by atoms with Crippen LogP contribution in [-0.4, -0.2) is 33.9 Å². The Morgan fingerprint density at radius 1 is 0.833 bits per heavy atom. The third-order valence-corrected chi connectivity index (χ3v) is 13.3. The van der Waals surface area contributed by atoms with E-state index in [0.29, 0.717) is 36.7 Å². The van der Waals surface area contributed by atoms with Gasteiger partial charge in [-0.1, -0.05) is 99.6 Å². The summed E-state index contributed by atoms with van der Waals surface area (Å²) in [5, 5.41) is 6.44. The van der Waals surface area contributed by atoms with Crippen LogP contribution in [0.1, 0.15) is 56.1 Å². The molecule has 0 heterocycles. The van der Waals surface area contributed by atoms with Crippen molar-refractivity contribution in [2.75, 3.05) is 18.5 Å². The van der Waals surface area contributed by atoms with Crippen LogP contribution in [0.5, 0.6) is 11.5 Å². The van der Waals surface area contributed by atoms with Gasteiger partial charge in [0.05, 0.1) is 11.8 Å². The number of carbonyl (C=O) groups is 1. The molecule has 0 aromatic heterocycles. The van der Waals surface area contributed by atoms with Crippen LogP contribution in [-0.2, 0) is 28.2 Å². The summed E-state index contributed by atoms with van der Waals surface area (Å²) >= 11 is 0. The van der Waals surface area contributed by atoms with Crippen molar-refractivity contribution in [3.63, 3.8) is 0 Å². The number of hydrogen-bond acceptors (Lipinski definition) is 5. The molecule has 2 N–H and O–H groups in total. The molecule has 9 heteroatoms. The number of carbonyl (C=O) groups excluding carboxylic acids is 1. The van der Waals surface area contributed by atoms with Gasteiger partial charge in [0.25, 0.3) is 0 Å². The van der Waals surface area contributed by atoms with E-state index in [1.54, 1.807) is 30.3 Å². The van der Waals surface area contributed by atoms with Crippen LogP contribution in [0.15, 0.2) is 103 Å². The molecule has 256 valence electrons. The van der Waals surface area contributed by atoms with Gasteiger partial charge in [0.15, 0.2) is 14.9 Å². The number of alkyl halides is 2. The average molecular weight is 675 g/mol. The highest BCUT2D eigenvalue weighted by atomic mass is 28.4. The first kappa shape index (κ1) is 36.8. The molecule has 0 fully saturated rings. The quantitative estimate of drug-likeness (QED) is 0.0863. The van der Waals surface area contributed by atoms with Gasteiger partial charge in [-0.3, -0.25) is 4.79 Å². The Morgan fingerprint density at radius 2 is 1.48 bits per heavy atom. The molecule has 4 aromatic rings. The maximum absolute atomic E-state index is 14.5. The van der Waals surface area contributed by atoms with E-state index in [9.17, 15) is 13.6 Å². The molecule has 4 aromatic carbocycles. The number of nitrogens with one attached hydrogen (secondary N) is 2. The lowest BCUT2D eigenvalue weighted by molar-refractivity contribution is -0.105. The summed E-state index contributed by atoms with van der Waals surface area (Å²) in [5.41, 5.74) is 3.53. The number of hydrogen-bond donors (Lipinski definition) is 2. The van der Waals surface area contributed by atoms with Crippen LogP contribution in [0.2, 0.25) is 18.1 Å². The molecule has 4 rings (SSSR count). The lowest BCUT2D eigenvalue weighted by atomic mass is 10.1. The number of halogens is 2. The van der Waals surface area contributed by atoms with Crippen molar-refractivity contribution in [2.45, 2.75) is 76.9 Å². The molecule has 0 aliphatic heterocycles. The molecule has 6 nitrogen and oxygen atoms in total. The molecule has 1 amide bonds. The average Bonchev–Trinajstić information content (AvgIpc) is 3.06. The Morgan fingerprint density at radius 3 is 2.10 bits per heavy atom. The fourth-order valence-electron chi connectivity index (χ4n) is 4.94. The number of ether oxygens (including phenoxy) is 2. The predicted octanol–water partition coefficient (Wildman–Crippen LogP) is 9.29. The predicted molar refractivity (Wildman–Crippen MR) is 191 cm³/mol. The van der Waals surface area contributed by atoms with E-state index in [1.165, 1.54) is 12.1 Å². The van der Waals surface area contributed by atoms with Crippen LogP contribution in [0.4, 0.5) is 14.5 Å². The highest BCUT2D eigenvalue weighted by molar-refractivity contribution is 6.74. The minimum Gasteiger partial charge on any atom is -0.487 e. The zero-order valence-electron chi connectivity index (χ0n) is 28.8. The molecule has 0 radical (unpaired) electrons. The molecular weight excluding hydrogens is 627 g/mol. The van der Waals surface area contributed by atoms with E-state index in [4.69, 9.17) is 13.9 Å². The van der Waals surface area contributed by atoms with Crippen LogP contribution >= 0.6 is 0 Å². The SMILES string of the molecule is CC(Cc1ccc(OCC(F)(F)c2ccccc2)cc1)NCC(O[Si](C)(C)C(C)(C)C)c1ccc(OCc2ccccc2)c(NC=O)c1. The summed E-state index contributed by atoms with van der Waals surface area (Å²) in [6.07, 6.45) is 1.10. The molecule has 0 spiro atoms. The first-order valence-corrected chi connectivity index (χ1v) is 19.3. The highest BCUT2D eigenvalue weighted by Crippen LogP contribution is 2.40. The Kier molecular flexibility index (Phi) is 12.5. The number of rotatable bonds is 17. The molecule has 0 aliphatic rings. The van der Waals surface area contributed by atoms with Crippen molar-refractivity contribution in [3.05, 3.63) is 125 Å². The molecule has 0 bridgehead atoms. The van der Waals surface area contributed by atoms with E-state index in [2.05, 4.69) is 51.4 Å². The second-order valence-corrected chi connectivity index (χ2v) is 18.4. The van der Waals surface area contributed by atoms with E-state index in [1.807, 2.05) is 60.7 Å². The summed E-state index contributed by atoms with van der Waals surface area (Å²) < 4.78 is 47.5. The minimum atomic E-state index is -3.08. The Labute approximate surface area is 285 Å². The number of amides is 1. The van der Waals surface area contributed by atoms with Gasteiger partial charge in [0, 0.05) is 18.2 Å². The maximum atomic E-state index is 14.5. The van der Waals surface area contributed by atoms with Crippen molar-refractivity contribution in [3.8, 4) is 11.5 Å². The zero-order chi connectivity index (χ0) is 34.8. The van der Waals surface area contributed by atoms with Gasteiger partial charge in [0.2, 0.25) is 6.41 Å². The van der Waals surface area contributed by atoms with Crippen molar-refractivity contribution >= 4 is 20.4 Å². The van der Waals surface area contributed by atoms with Crippen LogP contribution in [0, 0.1) is 0 Å². The Hall–Kier alpha value is -4.05. The van der Waals surface area contributed by atoms with Gasteiger partial charge in [0.1, 0.15) is 18.1 Å². The third-order valence-electron chi connectivity index (χ3n) is 8.80. The van der Waals surface area contributed by atoms with Crippen molar-refractivity contribution in [1.29, 1.82) is 0 Å². The smallest absolute Gasteiger partial charge is 0.306 e. The third kappa shape index (κ3) is 10.5. The summed E-state index contributed by atoms with van der Waals surface area (Å²) in [7, 11) is -2.18. The molecule has 0 aliphatic carbocycles. The van der Waals surface area contributed by atoms with Crippen LogP contribution in [0.25, 0.3) is 0 Å². The van der Waals surface area contributed by atoms with Gasteiger partial charge in [-0.2, -0.15) is 8.78 Å². The summed E-state index contributed by atoms with van der Waals surface area (Å²) in [6, 6.07) is 30.8. The highest BCUT2D eigenvalue weighted by Gasteiger charge is 2.39. The fourth-order valence-corrected chi connectivity index (χ4v) is 6.22. The van der Waals surface area contributed by atoms with Gasteiger partial charge in [-0.05, 0) is 72.4 Å². The van der Waals surface area contributed by atoms with Crippen molar-refractivity contribution in [2.24, 2.45) is 0 Å². The standard InChI is InChI=1S/C39H48F2N2O4Si/c1-29(23-30-17-20-34(21-18-30)46-27-39(40,41)33-15-11-8-12-16-33)42-25-37(47-48(5,6)38(2,3)4)32-19-22-36(35(24-32)43-28-44)45-26-31-13-9-7-10-14-31/h7-22,24,28-29,37,42H,23,25-27H2,1-6H3,(H,43,44).